The summed E-state index contributed by atoms with van der Waals surface area (Å²) in [6.07, 6.45) is -4.07. The second kappa shape index (κ2) is 7.55. The lowest BCUT2D eigenvalue weighted by atomic mass is 10.2. The minimum absolute atomic E-state index is 0.0805. The van der Waals surface area contributed by atoms with Crippen LogP contribution in [0.5, 0.6) is 11.6 Å². The average molecular weight is 393 g/mol. The molecule has 8 nitrogen and oxygen atoms in total. The van der Waals surface area contributed by atoms with Crippen LogP contribution in [0, 0.1) is 0 Å². The van der Waals surface area contributed by atoms with Crippen molar-refractivity contribution in [2.24, 2.45) is 0 Å². The van der Waals surface area contributed by atoms with E-state index < -0.39 is 23.3 Å². The number of halogens is 3. The molecule has 0 aliphatic heterocycles. The van der Waals surface area contributed by atoms with Crippen LogP contribution in [-0.4, -0.2) is 38.1 Å². The number of phenols is 1. The zero-order valence-electron chi connectivity index (χ0n) is 14.4. The van der Waals surface area contributed by atoms with Gasteiger partial charge >= 0.3 is 6.18 Å². The van der Waals surface area contributed by atoms with Gasteiger partial charge in [0.2, 0.25) is 5.88 Å². The standard InChI is InChI=1S/C17H14F3N5O3/c1-28-14-7-6-13(23-24-14)25-15(17(18,19)20)11(9-22-25)16(27)21-8-10-4-2-3-5-12(10)26/h2-7,9,26H,8H2,1H3,(H,21,27). The topological polar surface area (TPSA) is 102 Å². The highest BCUT2D eigenvalue weighted by atomic mass is 19.4. The van der Waals surface area contributed by atoms with E-state index in [4.69, 9.17) is 4.74 Å². The average Bonchev–Trinajstić information content (AvgIpc) is 3.13. The maximum atomic E-state index is 13.6. The Morgan fingerprint density at radius 1 is 1.21 bits per heavy atom. The molecule has 0 fully saturated rings. The van der Waals surface area contributed by atoms with E-state index in [1.807, 2.05) is 0 Å². The van der Waals surface area contributed by atoms with Crippen LogP contribution in [-0.2, 0) is 12.7 Å². The zero-order valence-corrected chi connectivity index (χ0v) is 14.4. The smallest absolute Gasteiger partial charge is 0.434 e. The number of alkyl halides is 3. The Bertz CT molecular complexity index is 986. The molecular formula is C17H14F3N5O3. The van der Waals surface area contributed by atoms with Gasteiger partial charge < -0.3 is 15.2 Å². The van der Waals surface area contributed by atoms with Crippen LogP contribution < -0.4 is 10.1 Å². The number of methoxy groups -OCH3 is 1. The lowest BCUT2D eigenvalue weighted by molar-refractivity contribution is -0.143. The van der Waals surface area contributed by atoms with Crippen LogP contribution in [0.2, 0.25) is 0 Å². The van der Waals surface area contributed by atoms with Crippen LogP contribution in [0.25, 0.3) is 5.82 Å². The van der Waals surface area contributed by atoms with Gasteiger partial charge in [-0.2, -0.15) is 18.3 Å². The third-order valence-electron chi connectivity index (χ3n) is 3.77. The molecule has 0 unspecified atom stereocenters. The van der Waals surface area contributed by atoms with Crippen LogP contribution in [0.4, 0.5) is 13.2 Å². The van der Waals surface area contributed by atoms with Gasteiger partial charge in [-0.3, -0.25) is 4.79 Å². The number of para-hydroxylation sites is 1. The molecule has 146 valence electrons. The van der Waals surface area contributed by atoms with E-state index >= 15 is 0 Å². The number of rotatable bonds is 5. The Kier molecular flexibility index (Phi) is 5.16. The monoisotopic (exact) mass is 393 g/mol. The van der Waals surface area contributed by atoms with E-state index in [1.165, 1.54) is 31.4 Å². The summed E-state index contributed by atoms with van der Waals surface area (Å²) in [5.41, 5.74) is -1.61. The number of aromatic nitrogens is 4. The van der Waals surface area contributed by atoms with Gasteiger partial charge in [0.05, 0.1) is 18.9 Å². The summed E-state index contributed by atoms with van der Waals surface area (Å²) in [6.45, 7) is -0.156. The molecule has 0 spiro atoms. The molecule has 11 heteroatoms. The molecule has 0 saturated carbocycles. The maximum Gasteiger partial charge on any atom is 0.434 e. The van der Waals surface area contributed by atoms with E-state index in [1.54, 1.807) is 12.1 Å². The minimum Gasteiger partial charge on any atom is -0.508 e. The maximum absolute atomic E-state index is 13.6. The van der Waals surface area contributed by atoms with Gasteiger partial charge in [0.1, 0.15) is 5.75 Å². The highest BCUT2D eigenvalue weighted by molar-refractivity contribution is 5.95. The number of carbonyl (C=O) groups excluding carboxylic acids is 1. The van der Waals surface area contributed by atoms with Crippen molar-refractivity contribution >= 4 is 5.91 Å². The van der Waals surface area contributed by atoms with Crippen LogP contribution in [0.15, 0.2) is 42.6 Å². The van der Waals surface area contributed by atoms with E-state index in [2.05, 4.69) is 20.6 Å². The largest absolute Gasteiger partial charge is 0.508 e. The van der Waals surface area contributed by atoms with Gasteiger partial charge in [-0.1, -0.05) is 18.2 Å². The predicted molar refractivity (Wildman–Crippen MR) is 90.0 cm³/mol. The predicted octanol–water partition coefficient (Wildman–Crippen LogP) is 2.33. The molecule has 0 saturated heterocycles. The number of carbonyl (C=O) groups is 1. The fourth-order valence-corrected chi connectivity index (χ4v) is 2.43. The number of phenolic OH excluding ortho intramolecular Hbond substituents is 1. The Labute approximate surface area is 156 Å². The van der Waals surface area contributed by atoms with Gasteiger partial charge in [0, 0.05) is 18.2 Å². The molecule has 0 atom stereocenters. The van der Waals surface area contributed by atoms with Crippen molar-refractivity contribution in [3.05, 3.63) is 59.4 Å². The number of benzene rings is 1. The second-order valence-corrected chi connectivity index (χ2v) is 5.56. The Morgan fingerprint density at radius 2 is 1.96 bits per heavy atom. The summed E-state index contributed by atoms with van der Waals surface area (Å²) in [7, 11) is 1.34. The first-order chi connectivity index (χ1) is 13.3. The van der Waals surface area contributed by atoms with E-state index in [0.29, 0.717) is 10.2 Å². The van der Waals surface area contributed by atoms with Crippen LogP contribution in [0.3, 0.4) is 0 Å². The molecule has 3 rings (SSSR count). The van der Waals surface area contributed by atoms with Gasteiger partial charge in [0.15, 0.2) is 11.5 Å². The number of hydrogen-bond acceptors (Lipinski definition) is 6. The molecule has 2 aromatic heterocycles. The number of nitrogens with one attached hydrogen (secondary N) is 1. The Hall–Kier alpha value is -3.63. The Morgan fingerprint density at radius 3 is 2.57 bits per heavy atom. The fourth-order valence-electron chi connectivity index (χ4n) is 2.43. The lowest BCUT2D eigenvalue weighted by Crippen LogP contribution is -2.26. The number of amides is 1. The fraction of sp³-hybridized carbons (Fsp3) is 0.176. The van der Waals surface area contributed by atoms with Crippen molar-refractivity contribution < 1.29 is 27.8 Å². The molecule has 1 amide bonds. The van der Waals surface area contributed by atoms with Gasteiger partial charge in [-0.05, 0) is 12.1 Å². The molecule has 0 aliphatic rings. The first kappa shape index (κ1) is 19.1. The van der Waals surface area contributed by atoms with Crippen molar-refractivity contribution in [3.8, 4) is 17.4 Å². The summed E-state index contributed by atoms with van der Waals surface area (Å²) < 4.78 is 46.1. The van der Waals surface area contributed by atoms with Crippen LogP contribution >= 0.6 is 0 Å². The van der Waals surface area contributed by atoms with Gasteiger partial charge in [-0.15, -0.1) is 10.2 Å². The quantitative estimate of drug-likeness (QED) is 0.690. The van der Waals surface area contributed by atoms with Gasteiger partial charge in [0.25, 0.3) is 5.91 Å². The normalized spacial score (nSPS) is 11.3. The second-order valence-electron chi connectivity index (χ2n) is 5.56. The number of hydrogen-bond donors (Lipinski definition) is 2. The third-order valence-corrected chi connectivity index (χ3v) is 3.77. The molecule has 2 heterocycles. The zero-order chi connectivity index (χ0) is 20.3. The lowest BCUT2D eigenvalue weighted by Gasteiger charge is -2.12. The molecule has 2 N–H and O–H groups in total. The molecular weight excluding hydrogens is 379 g/mol. The summed E-state index contributed by atoms with van der Waals surface area (Å²) in [5, 5.41) is 22.9. The highest BCUT2D eigenvalue weighted by Crippen LogP contribution is 2.33. The molecule has 28 heavy (non-hydrogen) atoms. The number of ether oxygens (including phenoxy) is 1. The Balaban J connectivity index is 1.91. The first-order valence-electron chi connectivity index (χ1n) is 7.89. The van der Waals surface area contributed by atoms with Crippen molar-refractivity contribution in [3.63, 3.8) is 0 Å². The summed E-state index contributed by atoms with van der Waals surface area (Å²) >= 11 is 0. The summed E-state index contributed by atoms with van der Waals surface area (Å²) in [4.78, 5) is 12.3. The molecule has 3 aromatic rings. The summed E-state index contributed by atoms with van der Waals surface area (Å²) in [6, 6.07) is 8.71. The third kappa shape index (κ3) is 3.87. The van der Waals surface area contributed by atoms with Gasteiger partial charge in [-0.25, -0.2) is 4.68 Å². The molecule has 0 bridgehead atoms. The minimum atomic E-state index is -4.88. The van der Waals surface area contributed by atoms with Crippen molar-refractivity contribution in [1.82, 2.24) is 25.3 Å². The van der Waals surface area contributed by atoms with Crippen molar-refractivity contribution in [1.29, 1.82) is 0 Å². The van der Waals surface area contributed by atoms with Crippen LogP contribution in [0.1, 0.15) is 21.6 Å². The SMILES string of the molecule is COc1ccc(-n2ncc(C(=O)NCc3ccccc3O)c2C(F)(F)F)nn1. The summed E-state index contributed by atoms with van der Waals surface area (Å²) in [5.74, 6) is -1.19. The van der Waals surface area contributed by atoms with Crippen molar-refractivity contribution in [2.75, 3.05) is 7.11 Å². The highest BCUT2D eigenvalue weighted by Gasteiger charge is 2.41. The van der Waals surface area contributed by atoms with E-state index in [9.17, 15) is 23.1 Å². The first-order valence-corrected chi connectivity index (χ1v) is 7.89. The van der Waals surface area contributed by atoms with E-state index in [-0.39, 0.29) is 24.0 Å². The van der Waals surface area contributed by atoms with E-state index in [0.717, 1.165) is 6.20 Å². The van der Waals surface area contributed by atoms with Crippen molar-refractivity contribution in [2.45, 2.75) is 12.7 Å². The molecule has 1 aromatic carbocycles. The number of aromatic hydroxyl groups is 1. The molecule has 0 aliphatic carbocycles. The number of nitrogens with zero attached hydrogens (tertiary/aromatic N) is 4. The molecule has 0 radical (unpaired) electrons.